The fourth-order valence-corrected chi connectivity index (χ4v) is 3.51. The molecule has 0 nitrogen and oxygen atoms in total. The summed E-state index contributed by atoms with van der Waals surface area (Å²) in [4.78, 5) is 2.34. The van der Waals surface area contributed by atoms with E-state index in [1.54, 1.807) is 0 Å². The fraction of sp³-hybridized carbons (Fsp3) is 0.0769. The van der Waals surface area contributed by atoms with Gasteiger partial charge in [-0.2, -0.15) is 0 Å². The van der Waals surface area contributed by atoms with Crippen LogP contribution >= 0.6 is 0 Å². The van der Waals surface area contributed by atoms with Crippen molar-refractivity contribution in [2.45, 2.75) is 5.32 Å². The Hall–Kier alpha value is -1.04. The van der Waals surface area contributed by atoms with Crippen molar-refractivity contribution >= 4 is 31.8 Å². The van der Waals surface area contributed by atoms with Crippen LogP contribution in [0.1, 0.15) is 11.1 Å². The van der Waals surface area contributed by atoms with Crippen molar-refractivity contribution in [3.05, 3.63) is 52.5 Å². The number of hydrogen-bond donors (Lipinski definition) is 0. The van der Waals surface area contributed by atoms with Gasteiger partial charge < -0.3 is 0 Å². The molecule has 0 unspecified atom stereocenters. The standard InChI is InChI=1S/C13H10Se/c1-2-4-12-10(3-1)5-6-11-9-14-8-7-13(11)12/h1-8H,9H2. The van der Waals surface area contributed by atoms with E-state index in [1.165, 1.54) is 27.2 Å². The number of fused-ring (bicyclic) bond motifs is 3. The van der Waals surface area contributed by atoms with Crippen LogP contribution in [0.4, 0.5) is 0 Å². The van der Waals surface area contributed by atoms with Gasteiger partial charge in [0.25, 0.3) is 0 Å². The van der Waals surface area contributed by atoms with E-state index in [0.29, 0.717) is 15.0 Å². The molecule has 0 amide bonds. The molecule has 1 heterocycles. The minimum atomic E-state index is 0.676. The molecular formula is C13H10Se. The second-order valence-corrected chi connectivity index (χ2v) is 5.35. The van der Waals surface area contributed by atoms with Crippen LogP contribution in [-0.2, 0) is 5.32 Å². The summed E-state index contributed by atoms with van der Waals surface area (Å²) in [5.74, 6) is 0. The van der Waals surface area contributed by atoms with Gasteiger partial charge in [0.05, 0.1) is 0 Å². The van der Waals surface area contributed by atoms with Gasteiger partial charge in [-0.15, -0.1) is 0 Å². The quantitative estimate of drug-likeness (QED) is 0.626. The van der Waals surface area contributed by atoms with Crippen molar-refractivity contribution in [2.24, 2.45) is 0 Å². The second-order valence-electron chi connectivity index (χ2n) is 3.47. The van der Waals surface area contributed by atoms with Crippen LogP contribution in [0.25, 0.3) is 16.8 Å². The third kappa shape index (κ3) is 1.21. The Balaban J connectivity index is 2.42. The van der Waals surface area contributed by atoms with E-state index in [0.717, 1.165) is 0 Å². The third-order valence-corrected chi connectivity index (χ3v) is 4.32. The Morgan fingerprint density at radius 3 is 2.93 bits per heavy atom. The zero-order chi connectivity index (χ0) is 9.38. The number of hydrogen-bond acceptors (Lipinski definition) is 0. The molecule has 0 aliphatic carbocycles. The van der Waals surface area contributed by atoms with Crippen LogP contribution in [0, 0.1) is 0 Å². The molecular weight excluding hydrogens is 235 g/mol. The van der Waals surface area contributed by atoms with Crippen molar-refractivity contribution in [1.29, 1.82) is 0 Å². The number of benzene rings is 2. The maximum atomic E-state index is 2.34. The molecule has 2 aromatic rings. The summed E-state index contributed by atoms with van der Waals surface area (Å²) in [6.07, 6.45) is 2.29. The average Bonchev–Trinajstić information content (AvgIpc) is 2.29. The predicted molar refractivity (Wildman–Crippen MR) is 62.4 cm³/mol. The van der Waals surface area contributed by atoms with Crippen molar-refractivity contribution in [1.82, 2.24) is 0 Å². The van der Waals surface area contributed by atoms with Gasteiger partial charge in [-0.25, -0.2) is 0 Å². The van der Waals surface area contributed by atoms with E-state index in [4.69, 9.17) is 0 Å². The fourth-order valence-electron chi connectivity index (χ4n) is 1.92. The van der Waals surface area contributed by atoms with E-state index >= 15 is 0 Å². The summed E-state index contributed by atoms with van der Waals surface area (Å²) in [6, 6.07) is 13.1. The summed E-state index contributed by atoms with van der Waals surface area (Å²) >= 11 is 0.676. The zero-order valence-electron chi connectivity index (χ0n) is 7.73. The van der Waals surface area contributed by atoms with E-state index < -0.39 is 0 Å². The van der Waals surface area contributed by atoms with Gasteiger partial charge in [0, 0.05) is 0 Å². The predicted octanol–water partition coefficient (Wildman–Crippen LogP) is 3.03. The van der Waals surface area contributed by atoms with Crippen LogP contribution in [0.5, 0.6) is 0 Å². The zero-order valence-corrected chi connectivity index (χ0v) is 9.45. The molecule has 68 valence electrons. The Labute approximate surface area is 89.8 Å². The van der Waals surface area contributed by atoms with Crippen molar-refractivity contribution in [3.8, 4) is 0 Å². The summed E-state index contributed by atoms with van der Waals surface area (Å²) in [5, 5.41) is 4.01. The molecule has 14 heavy (non-hydrogen) atoms. The summed E-state index contributed by atoms with van der Waals surface area (Å²) in [5.41, 5.74) is 2.96. The summed E-state index contributed by atoms with van der Waals surface area (Å²) < 4.78 is 0. The summed E-state index contributed by atoms with van der Waals surface area (Å²) in [6.45, 7) is 0. The molecule has 0 bridgehead atoms. The van der Waals surface area contributed by atoms with Crippen LogP contribution < -0.4 is 0 Å². The molecule has 0 atom stereocenters. The van der Waals surface area contributed by atoms with Gasteiger partial charge in [0.1, 0.15) is 0 Å². The first-order valence-electron chi connectivity index (χ1n) is 4.74. The van der Waals surface area contributed by atoms with Crippen LogP contribution in [-0.4, -0.2) is 15.0 Å². The van der Waals surface area contributed by atoms with E-state index in [-0.39, 0.29) is 0 Å². The van der Waals surface area contributed by atoms with Gasteiger partial charge in [-0.1, -0.05) is 0 Å². The van der Waals surface area contributed by atoms with Gasteiger partial charge >= 0.3 is 89.6 Å². The molecule has 0 aromatic heterocycles. The molecule has 3 rings (SSSR count). The normalized spacial score (nSPS) is 14.3. The molecule has 0 radical (unpaired) electrons. The SMILES string of the molecule is C1=Cc2c(ccc3ccccc23)C[Se]1. The summed E-state index contributed by atoms with van der Waals surface area (Å²) in [7, 11) is 0. The Morgan fingerprint density at radius 2 is 1.93 bits per heavy atom. The minimum absolute atomic E-state index is 0.676. The Morgan fingerprint density at radius 1 is 1.00 bits per heavy atom. The first-order chi connectivity index (χ1) is 6.95. The van der Waals surface area contributed by atoms with Crippen LogP contribution in [0.15, 0.2) is 41.4 Å². The molecule has 0 N–H and O–H groups in total. The van der Waals surface area contributed by atoms with Gasteiger partial charge in [0.2, 0.25) is 0 Å². The molecule has 0 fully saturated rings. The van der Waals surface area contributed by atoms with Gasteiger partial charge in [-0.05, 0) is 0 Å². The van der Waals surface area contributed by atoms with E-state index in [9.17, 15) is 0 Å². The van der Waals surface area contributed by atoms with Crippen molar-refractivity contribution in [2.75, 3.05) is 0 Å². The maximum absolute atomic E-state index is 2.34. The monoisotopic (exact) mass is 246 g/mol. The topological polar surface area (TPSA) is 0 Å². The molecule has 2 aromatic carbocycles. The molecule has 0 saturated carbocycles. The molecule has 0 saturated heterocycles. The molecule has 1 aliphatic heterocycles. The second kappa shape index (κ2) is 3.27. The van der Waals surface area contributed by atoms with Crippen molar-refractivity contribution in [3.63, 3.8) is 0 Å². The van der Waals surface area contributed by atoms with E-state index in [1.807, 2.05) is 0 Å². The average molecular weight is 245 g/mol. The Kier molecular flexibility index (Phi) is 1.93. The van der Waals surface area contributed by atoms with Crippen molar-refractivity contribution < 1.29 is 0 Å². The third-order valence-electron chi connectivity index (χ3n) is 2.63. The molecule has 1 heteroatoms. The van der Waals surface area contributed by atoms with E-state index in [2.05, 4.69) is 47.4 Å². The van der Waals surface area contributed by atoms with Crippen LogP contribution in [0.3, 0.4) is 0 Å². The van der Waals surface area contributed by atoms with Crippen LogP contribution in [0.2, 0.25) is 0 Å². The molecule has 0 spiro atoms. The first kappa shape index (κ1) is 8.28. The van der Waals surface area contributed by atoms with Gasteiger partial charge in [0.15, 0.2) is 0 Å². The number of rotatable bonds is 0. The first-order valence-corrected chi connectivity index (χ1v) is 6.94. The molecule has 1 aliphatic rings. The van der Waals surface area contributed by atoms with Gasteiger partial charge in [-0.3, -0.25) is 0 Å². The Bertz CT molecular complexity index is 512.